The normalized spacial score (nSPS) is 19.2. The summed E-state index contributed by atoms with van der Waals surface area (Å²) in [5.41, 5.74) is -2.01. The van der Waals surface area contributed by atoms with Crippen LogP contribution in [-0.4, -0.2) is 28.8 Å². The van der Waals surface area contributed by atoms with Gasteiger partial charge in [-0.2, -0.15) is 13.2 Å². The van der Waals surface area contributed by atoms with E-state index in [1.165, 1.54) is 12.1 Å². The lowest BCUT2D eigenvalue weighted by molar-refractivity contribution is -0.158. The topological polar surface area (TPSA) is 55.8 Å². The molecule has 1 saturated carbocycles. The molecule has 3 unspecified atom stereocenters. The molecule has 1 N–H and O–H groups in total. The number of ether oxygens (including phenoxy) is 2. The van der Waals surface area contributed by atoms with Gasteiger partial charge in [-0.3, -0.25) is 0 Å². The van der Waals surface area contributed by atoms with E-state index in [-0.39, 0.29) is 35.1 Å². The number of thioether (sulfide) groups is 1. The number of aliphatic hydroxyl groups excluding tert-OH is 1. The Balaban J connectivity index is 1.70. The van der Waals surface area contributed by atoms with E-state index in [1.807, 2.05) is 26.0 Å². The van der Waals surface area contributed by atoms with Crippen LogP contribution in [0.1, 0.15) is 61.5 Å². The molecule has 4 nitrogen and oxygen atoms in total. The van der Waals surface area contributed by atoms with Gasteiger partial charge in [-0.05, 0) is 99.0 Å². The lowest BCUT2D eigenvalue weighted by atomic mass is 9.98. The van der Waals surface area contributed by atoms with Crippen LogP contribution in [0.4, 0.5) is 13.2 Å². The molecule has 0 aliphatic heterocycles. The van der Waals surface area contributed by atoms with E-state index in [0.29, 0.717) is 11.3 Å². The molecule has 1 aliphatic rings. The van der Waals surface area contributed by atoms with E-state index < -0.39 is 23.2 Å². The first-order valence-corrected chi connectivity index (χ1v) is 11.6. The summed E-state index contributed by atoms with van der Waals surface area (Å²) < 4.78 is 48.7. The standard InChI is InChI=1S/C25H29F3O4S/c1-6-31-23(30)24(4,5)32-22-14(2)11-17(12-15(22)3)19-13-20(19)21(29)16-7-9-18(10-8-16)33-25(26,27)28/h7-12,19-21,29H,6,13H2,1-5H3. The monoisotopic (exact) mass is 482 g/mol. The first kappa shape index (κ1) is 25.4. The summed E-state index contributed by atoms with van der Waals surface area (Å²) in [4.78, 5) is 12.3. The first-order valence-electron chi connectivity index (χ1n) is 10.8. The first-order chi connectivity index (χ1) is 15.3. The van der Waals surface area contributed by atoms with Crippen LogP contribution in [0.3, 0.4) is 0 Å². The molecule has 0 amide bonds. The van der Waals surface area contributed by atoms with Gasteiger partial charge in [0.25, 0.3) is 0 Å². The molecule has 0 heterocycles. The Hall–Kier alpha value is -2.19. The number of alkyl halides is 3. The number of rotatable bonds is 8. The van der Waals surface area contributed by atoms with Gasteiger partial charge < -0.3 is 14.6 Å². The van der Waals surface area contributed by atoms with Gasteiger partial charge >= 0.3 is 11.5 Å². The molecule has 0 radical (unpaired) electrons. The molecule has 33 heavy (non-hydrogen) atoms. The second-order valence-corrected chi connectivity index (χ2v) is 10.0. The lowest BCUT2D eigenvalue weighted by Gasteiger charge is -2.26. The minimum atomic E-state index is -4.33. The van der Waals surface area contributed by atoms with Crippen LogP contribution < -0.4 is 4.74 Å². The Labute approximate surface area is 196 Å². The maximum absolute atomic E-state index is 12.5. The summed E-state index contributed by atoms with van der Waals surface area (Å²) >= 11 is -0.167. The predicted octanol–water partition coefficient (Wildman–Crippen LogP) is 6.47. The molecule has 1 aliphatic carbocycles. The Bertz CT molecular complexity index is 979. The number of aliphatic hydroxyl groups is 1. The van der Waals surface area contributed by atoms with Crippen molar-refractivity contribution in [3.05, 3.63) is 58.7 Å². The highest BCUT2D eigenvalue weighted by molar-refractivity contribution is 8.00. The number of halogens is 3. The zero-order chi connectivity index (χ0) is 24.6. The third kappa shape index (κ3) is 6.23. The maximum Gasteiger partial charge on any atom is 0.446 e. The van der Waals surface area contributed by atoms with Crippen LogP contribution in [-0.2, 0) is 9.53 Å². The molecule has 0 saturated heterocycles. The van der Waals surface area contributed by atoms with Gasteiger partial charge in [0.2, 0.25) is 0 Å². The van der Waals surface area contributed by atoms with E-state index >= 15 is 0 Å². The van der Waals surface area contributed by atoms with Gasteiger partial charge in [0.05, 0.1) is 12.7 Å². The summed E-state index contributed by atoms with van der Waals surface area (Å²) in [6, 6.07) is 9.89. The van der Waals surface area contributed by atoms with Gasteiger partial charge in [0.15, 0.2) is 5.60 Å². The fraction of sp³-hybridized carbons (Fsp3) is 0.480. The number of carbonyl (C=O) groups is 1. The van der Waals surface area contributed by atoms with E-state index in [4.69, 9.17) is 9.47 Å². The van der Waals surface area contributed by atoms with Crippen molar-refractivity contribution in [1.82, 2.24) is 0 Å². The average Bonchev–Trinajstić information content (AvgIpc) is 3.50. The molecule has 1 fully saturated rings. The Morgan fingerprint density at radius 1 is 1.15 bits per heavy atom. The van der Waals surface area contributed by atoms with Crippen molar-refractivity contribution >= 4 is 17.7 Å². The van der Waals surface area contributed by atoms with E-state index in [0.717, 1.165) is 23.1 Å². The van der Waals surface area contributed by atoms with Crippen molar-refractivity contribution in [2.24, 2.45) is 5.92 Å². The molecule has 2 aromatic rings. The molecule has 0 spiro atoms. The molecular weight excluding hydrogens is 453 g/mol. The molecule has 0 bridgehead atoms. The van der Waals surface area contributed by atoms with Gasteiger partial charge in [-0.1, -0.05) is 24.3 Å². The molecular formula is C25H29F3O4S. The maximum atomic E-state index is 12.5. The van der Waals surface area contributed by atoms with Crippen LogP contribution in [0.15, 0.2) is 41.3 Å². The highest BCUT2D eigenvalue weighted by Gasteiger charge is 2.44. The summed E-state index contributed by atoms with van der Waals surface area (Å²) in [7, 11) is 0. The fourth-order valence-corrected chi connectivity index (χ4v) is 4.56. The van der Waals surface area contributed by atoms with E-state index in [9.17, 15) is 23.1 Å². The molecule has 3 atom stereocenters. The number of esters is 1. The van der Waals surface area contributed by atoms with Crippen LogP contribution in [0, 0.1) is 19.8 Å². The summed E-state index contributed by atoms with van der Waals surface area (Å²) in [6.07, 6.45) is 0.0346. The average molecular weight is 483 g/mol. The number of hydrogen-bond donors (Lipinski definition) is 1. The third-order valence-electron chi connectivity index (χ3n) is 5.74. The number of aryl methyl sites for hydroxylation is 2. The van der Waals surface area contributed by atoms with Crippen molar-refractivity contribution in [1.29, 1.82) is 0 Å². The van der Waals surface area contributed by atoms with Crippen LogP contribution in [0.5, 0.6) is 5.75 Å². The number of hydrogen-bond acceptors (Lipinski definition) is 5. The van der Waals surface area contributed by atoms with Crippen LogP contribution >= 0.6 is 11.8 Å². The minimum Gasteiger partial charge on any atom is -0.476 e. The molecule has 2 aromatic carbocycles. The highest BCUT2D eigenvalue weighted by Crippen LogP contribution is 2.55. The highest BCUT2D eigenvalue weighted by atomic mass is 32.2. The third-order valence-corrected chi connectivity index (χ3v) is 6.47. The Morgan fingerprint density at radius 3 is 2.24 bits per heavy atom. The second-order valence-electron chi connectivity index (χ2n) is 8.88. The minimum absolute atomic E-state index is 0.00680. The summed E-state index contributed by atoms with van der Waals surface area (Å²) in [6.45, 7) is 9.19. The SMILES string of the molecule is CCOC(=O)C(C)(C)Oc1c(C)cc(C2CC2C(O)c2ccc(SC(F)(F)F)cc2)cc1C. The smallest absolute Gasteiger partial charge is 0.446 e. The quantitative estimate of drug-likeness (QED) is 0.345. The molecule has 180 valence electrons. The van der Waals surface area contributed by atoms with Gasteiger partial charge in [0.1, 0.15) is 5.75 Å². The molecule has 8 heteroatoms. The Kier molecular flexibility index (Phi) is 7.39. The summed E-state index contributed by atoms with van der Waals surface area (Å²) in [5, 5.41) is 10.8. The van der Waals surface area contributed by atoms with Crippen LogP contribution in [0.25, 0.3) is 0 Å². The van der Waals surface area contributed by atoms with Crippen molar-refractivity contribution in [2.45, 2.75) is 69.1 Å². The van der Waals surface area contributed by atoms with Crippen molar-refractivity contribution in [2.75, 3.05) is 6.61 Å². The Morgan fingerprint density at radius 2 is 1.73 bits per heavy atom. The van der Waals surface area contributed by atoms with Crippen molar-refractivity contribution in [3.63, 3.8) is 0 Å². The molecule has 3 rings (SSSR count). The summed E-state index contributed by atoms with van der Waals surface area (Å²) in [5.74, 6) is 0.339. The number of carbonyl (C=O) groups excluding carboxylic acids is 1. The zero-order valence-corrected chi connectivity index (χ0v) is 20.1. The zero-order valence-electron chi connectivity index (χ0n) is 19.3. The predicted molar refractivity (Wildman–Crippen MR) is 121 cm³/mol. The number of benzene rings is 2. The van der Waals surface area contributed by atoms with E-state index in [2.05, 4.69) is 0 Å². The molecule has 0 aromatic heterocycles. The van der Waals surface area contributed by atoms with Gasteiger partial charge in [-0.15, -0.1) is 0 Å². The van der Waals surface area contributed by atoms with Crippen molar-refractivity contribution < 1.29 is 32.5 Å². The van der Waals surface area contributed by atoms with E-state index in [1.54, 1.807) is 32.9 Å². The fourth-order valence-electron chi connectivity index (χ4n) is 4.02. The second kappa shape index (κ2) is 9.58. The van der Waals surface area contributed by atoms with Crippen LogP contribution in [0.2, 0.25) is 0 Å². The van der Waals surface area contributed by atoms with Gasteiger partial charge in [-0.25, -0.2) is 4.79 Å². The largest absolute Gasteiger partial charge is 0.476 e. The lowest BCUT2D eigenvalue weighted by Crippen LogP contribution is -2.40. The van der Waals surface area contributed by atoms with Crippen molar-refractivity contribution in [3.8, 4) is 5.75 Å². The van der Waals surface area contributed by atoms with Gasteiger partial charge in [0, 0.05) is 4.90 Å².